The van der Waals surface area contributed by atoms with Crippen molar-refractivity contribution in [3.05, 3.63) is 59.2 Å². The summed E-state index contributed by atoms with van der Waals surface area (Å²) in [5, 5.41) is 14.6. The third-order valence-electron chi connectivity index (χ3n) is 3.28. The summed E-state index contributed by atoms with van der Waals surface area (Å²) >= 11 is 3.74. The van der Waals surface area contributed by atoms with Crippen molar-refractivity contribution in [2.24, 2.45) is 11.5 Å². The third-order valence-corrected chi connectivity index (χ3v) is 6.00. The largest absolute Gasteiger partial charge is 0.379 e. The van der Waals surface area contributed by atoms with Crippen LogP contribution in [0.5, 0.6) is 0 Å². The molecule has 9 heteroatoms. The minimum atomic E-state index is -0.356. The zero-order valence-corrected chi connectivity index (χ0v) is 16.2. The van der Waals surface area contributed by atoms with E-state index in [1.54, 1.807) is 12.1 Å². The number of hydrogen-bond donors (Lipinski definition) is 4. The Bertz CT molecular complexity index is 815. The molecule has 0 aliphatic heterocycles. The van der Waals surface area contributed by atoms with Gasteiger partial charge in [0.05, 0.1) is 0 Å². The molecule has 0 heterocycles. The molecule has 0 saturated heterocycles. The van der Waals surface area contributed by atoms with Crippen LogP contribution in [0.2, 0.25) is 0 Å². The number of benzene rings is 2. The van der Waals surface area contributed by atoms with E-state index in [1.165, 1.54) is 47.8 Å². The van der Waals surface area contributed by atoms with Gasteiger partial charge in [-0.2, -0.15) is 0 Å². The van der Waals surface area contributed by atoms with Crippen molar-refractivity contribution in [1.82, 2.24) is 0 Å². The third kappa shape index (κ3) is 6.54. The van der Waals surface area contributed by atoms with Crippen molar-refractivity contribution in [3.8, 4) is 0 Å². The number of rotatable bonds is 7. The topological polar surface area (TPSA) is 99.7 Å². The fourth-order valence-corrected chi connectivity index (χ4v) is 4.39. The number of aryl methyl sites for hydroxylation is 1. The Morgan fingerprint density at radius 2 is 1.38 bits per heavy atom. The van der Waals surface area contributed by atoms with Gasteiger partial charge < -0.3 is 11.5 Å². The molecule has 0 spiro atoms. The molecule has 0 bridgehead atoms. The maximum Gasteiger partial charge on any atom is 0.151 e. The lowest BCUT2D eigenvalue weighted by Crippen LogP contribution is -2.06. The second kappa shape index (κ2) is 9.84. The normalized spacial score (nSPS) is 10.7. The monoisotopic (exact) mass is 412 g/mol. The molecule has 0 atom stereocenters. The average molecular weight is 413 g/mol. The van der Waals surface area contributed by atoms with Crippen molar-refractivity contribution < 1.29 is 8.78 Å². The Morgan fingerprint density at radius 3 is 1.96 bits per heavy atom. The van der Waals surface area contributed by atoms with Crippen molar-refractivity contribution >= 4 is 45.6 Å². The average Bonchev–Trinajstić information content (AvgIpc) is 2.56. The van der Waals surface area contributed by atoms with Crippen LogP contribution < -0.4 is 11.5 Å². The summed E-state index contributed by atoms with van der Waals surface area (Å²) in [6.45, 7) is 0. The van der Waals surface area contributed by atoms with Crippen LogP contribution in [0, 0.1) is 22.5 Å². The number of nitrogens with one attached hydrogen (secondary N) is 2. The van der Waals surface area contributed by atoms with Gasteiger partial charge in [0.2, 0.25) is 0 Å². The first kappa shape index (κ1) is 20.6. The van der Waals surface area contributed by atoms with Gasteiger partial charge in [0.1, 0.15) is 11.6 Å². The molecule has 4 nitrogen and oxygen atoms in total. The minimum absolute atomic E-state index is 0.0256. The summed E-state index contributed by atoms with van der Waals surface area (Å²) in [5.74, 6) is 0.268. The fourth-order valence-electron chi connectivity index (χ4n) is 2.15. The quantitative estimate of drug-likeness (QED) is 0.399. The second-order valence-electron chi connectivity index (χ2n) is 5.22. The second-order valence-corrected chi connectivity index (χ2v) is 8.46. The molecule has 26 heavy (non-hydrogen) atoms. The van der Waals surface area contributed by atoms with Crippen LogP contribution in [-0.2, 0) is 12.2 Å². The summed E-state index contributed by atoms with van der Waals surface area (Å²) < 4.78 is 27.2. The first-order valence-corrected chi connectivity index (χ1v) is 10.3. The fraction of sp³-hybridized carbons (Fsp3) is 0.176. The first-order valence-electron chi connectivity index (χ1n) is 7.53. The zero-order valence-electron chi connectivity index (χ0n) is 13.7. The number of nitrogens with two attached hydrogens (primary N) is 2. The number of halogens is 2. The highest BCUT2D eigenvalue weighted by Crippen LogP contribution is 2.35. The van der Waals surface area contributed by atoms with Crippen LogP contribution in [0.4, 0.5) is 8.78 Å². The Kier molecular flexibility index (Phi) is 7.80. The molecular weight excluding hydrogens is 394 g/mol. The van der Waals surface area contributed by atoms with Gasteiger partial charge in [-0.15, -0.1) is 0 Å². The highest BCUT2D eigenvalue weighted by Gasteiger charge is 2.11. The molecule has 0 unspecified atom stereocenters. The summed E-state index contributed by atoms with van der Waals surface area (Å²) in [6, 6.07) is 9.02. The van der Waals surface area contributed by atoms with E-state index in [-0.39, 0.29) is 22.0 Å². The first-order chi connectivity index (χ1) is 12.3. The maximum absolute atomic E-state index is 13.6. The van der Waals surface area contributed by atoms with E-state index in [2.05, 4.69) is 0 Å². The van der Waals surface area contributed by atoms with Gasteiger partial charge in [0.25, 0.3) is 0 Å². The standard InChI is InChI=1S/C17H18F2N4S3/c18-12-1-3-14(10(7-12)5-6-24-16(20)21)26-15-4-2-13(19)8-11(15)9-25-17(22)23/h1-4,7-8H,5-6,9H2,(H3,20,21)(H3,22,23). The molecule has 2 rings (SSSR count). The molecular formula is C17H18F2N4S3. The van der Waals surface area contributed by atoms with Crippen molar-refractivity contribution in [3.63, 3.8) is 0 Å². The Hall–Kier alpha value is -1.71. The summed E-state index contributed by atoms with van der Waals surface area (Å²) in [4.78, 5) is 1.68. The number of hydrogen-bond acceptors (Lipinski definition) is 5. The molecule has 0 amide bonds. The van der Waals surface area contributed by atoms with Crippen molar-refractivity contribution in [2.75, 3.05) is 5.75 Å². The van der Waals surface area contributed by atoms with E-state index in [0.717, 1.165) is 32.7 Å². The van der Waals surface area contributed by atoms with Gasteiger partial charge in [-0.1, -0.05) is 35.3 Å². The van der Waals surface area contributed by atoms with Gasteiger partial charge in [-0.25, -0.2) is 8.78 Å². The molecule has 0 saturated carbocycles. The number of amidine groups is 2. The van der Waals surface area contributed by atoms with E-state index >= 15 is 0 Å². The molecule has 0 aliphatic carbocycles. The minimum Gasteiger partial charge on any atom is -0.379 e. The van der Waals surface area contributed by atoms with Crippen LogP contribution >= 0.6 is 35.3 Å². The van der Waals surface area contributed by atoms with Gasteiger partial charge in [0.15, 0.2) is 10.3 Å². The molecule has 0 fully saturated rings. The highest BCUT2D eigenvalue weighted by molar-refractivity contribution is 8.13. The molecule has 138 valence electrons. The molecule has 0 aromatic heterocycles. The van der Waals surface area contributed by atoms with Gasteiger partial charge in [-0.05, 0) is 53.9 Å². The molecule has 6 N–H and O–H groups in total. The van der Waals surface area contributed by atoms with Gasteiger partial charge >= 0.3 is 0 Å². The predicted octanol–water partition coefficient (Wildman–Crippen LogP) is 4.41. The lowest BCUT2D eigenvalue weighted by atomic mass is 10.2. The van der Waals surface area contributed by atoms with Crippen LogP contribution in [0.25, 0.3) is 0 Å². The maximum atomic E-state index is 13.6. The molecule has 0 aliphatic rings. The van der Waals surface area contributed by atoms with E-state index in [1.807, 2.05) is 0 Å². The van der Waals surface area contributed by atoms with E-state index in [9.17, 15) is 8.78 Å². The Morgan fingerprint density at radius 1 is 0.846 bits per heavy atom. The van der Waals surface area contributed by atoms with Crippen LogP contribution in [0.15, 0.2) is 46.2 Å². The molecule has 2 aromatic carbocycles. The van der Waals surface area contributed by atoms with E-state index in [0.29, 0.717) is 17.9 Å². The predicted molar refractivity (Wildman–Crippen MR) is 108 cm³/mol. The van der Waals surface area contributed by atoms with Crippen LogP contribution in [0.1, 0.15) is 11.1 Å². The zero-order chi connectivity index (χ0) is 19.1. The lowest BCUT2D eigenvalue weighted by Gasteiger charge is -2.13. The van der Waals surface area contributed by atoms with Crippen LogP contribution in [0.3, 0.4) is 0 Å². The Balaban J connectivity index is 2.24. The molecule has 0 radical (unpaired) electrons. The summed E-state index contributed by atoms with van der Waals surface area (Å²) in [7, 11) is 0. The van der Waals surface area contributed by atoms with Crippen LogP contribution in [-0.4, -0.2) is 16.1 Å². The Labute approximate surface area is 163 Å². The van der Waals surface area contributed by atoms with Crippen molar-refractivity contribution in [2.45, 2.75) is 22.0 Å². The number of thioether (sulfide) groups is 2. The summed E-state index contributed by atoms with van der Waals surface area (Å²) in [6.07, 6.45) is 0.559. The smallest absolute Gasteiger partial charge is 0.151 e. The van der Waals surface area contributed by atoms with E-state index < -0.39 is 0 Å². The van der Waals surface area contributed by atoms with E-state index in [4.69, 9.17) is 22.3 Å². The lowest BCUT2D eigenvalue weighted by molar-refractivity contribution is 0.624. The summed E-state index contributed by atoms with van der Waals surface area (Å²) in [5.41, 5.74) is 12.2. The molecule has 2 aromatic rings. The SMILES string of the molecule is N=C(N)SCCc1cc(F)ccc1Sc1ccc(F)cc1CSC(=N)N. The highest BCUT2D eigenvalue weighted by atomic mass is 32.2. The van der Waals surface area contributed by atoms with Crippen molar-refractivity contribution in [1.29, 1.82) is 10.8 Å². The van der Waals surface area contributed by atoms with Gasteiger partial charge in [-0.3, -0.25) is 10.8 Å². The van der Waals surface area contributed by atoms with Gasteiger partial charge in [0, 0.05) is 21.3 Å².